The van der Waals surface area contributed by atoms with E-state index in [0.717, 1.165) is 18.4 Å². The molecular weight excluding hydrogens is 242 g/mol. The van der Waals surface area contributed by atoms with Gasteiger partial charge in [-0.3, -0.25) is 0 Å². The van der Waals surface area contributed by atoms with E-state index in [1.165, 1.54) is 0 Å². The Balaban J connectivity index is 1.85. The number of carbonyl (C=O) groups is 1. The molecule has 2 atom stereocenters. The smallest absolute Gasteiger partial charge is 0.410 e. The largest absolute Gasteiger partial charge is 0.445 e. The summed E-state index contributed by atoms with van der Waals surface area (Å²) >= 11 is 0. The maximum Gasteiger partial charge on any atom is 0.410 e. The highest BCUT2D eigenvalue weighted by molar-refractivity contribution is 5.67. The molecule has 2 rings (SSSR count). The lowest BCUT2D eigenvalue weighted by atomic mass is 10.0. The van der Waals surface area contributed by atoms with E-state index in [9.17, 15) is 9.90 Å². The van der Waals surface area contributed by atoms with Gasteiger partial charge in [0.25, 0.3) is 0 Å². The van der Waals surface area contributed by atoms with E-state index in [0.29, 0.717) is 13.1 Å². The van der Waals surface area contributed by atoms with Crippen molar-refractivity contribution in [2.75, 3.05) is 13.1 Å². The minimum Gasteiger partial charge on any atom is -0.445 e. The second-order valence-corrected chi connectivity index (χ2v) is 5.17. The van der Waals surface area contributed by atoms with Gasteiger partial charge in [0, 0.05) is 6.54 Å². The van der Waals surface area contributed by atoms with Crippen LogP contribution >= 0.6 is 0 Å². The number of carbonyl (C=O) groups excluding carboxylic acids is 1. The Kier molecular flexibility index (Phi) is 4.80. The molecule has 1 aromatic rings. The van der Waals surface area contributed by atoms with Crippen LogP contribution in [0.5, 0.6) is 0 Å². The van der Waals surface area contributed by atoms with Crippen LogP contribution in [0.1, 0.15) is 25.3 Å². The average molecular weight is 263 g/mol. The molecule has 1 N–H and O–H groups in total. The van der Waals surface area contributed by atoms with E-state index in [1.807, 2.05) is 37.3 Å². The normalized spacial score (nSPS) is 23.8. The van der Waals surface area contributed by atoms with E-state index < -0.39 is 6.10 Å². The van der Waals surface area contributed by atoms with Gasteiger partial charge in [0.1, 0.15) is 6.61 Å². The number of hydrogen-bond acceptors (Lipinski definition) is 3. The number of aliphatic hydroxyl groups is 1. The molecule has 1 aromatic carbocycles. The van der Waals surface area contributed by atoms with Crippen molar-refractivity contribution in [1.29, 1.82) is 0 Å². The lowest BCUT2D eigenvalue weighted by molar-refractivity contribution is 0.0617. The van der Waals surface area contributed by atoms with Crippen molar-refractivity contribution in [2.24, 2.45) is 5.92 Å². The second kappa shape index (κ2) is 6.57. The zero-order chi connectivity index (χ0) is 13.7. The summed E-state index contributed by atoms with van der Waals surface area (Å²) in [5.41, 5.74) is 0.972. The van der Waals surface area contributed by atoms with Crippen LogP contribution in [0.3, 0.4) is 0 Å². The molecule has 0 spiro atoms. The molecule has 0 bridgehead atoms. The van der Waals surface area contributed by atoms with Gasteiger partial charge in [0.15, 0.2) is 0 Å². The zero-order valence-corrected chi connectivity index (χ0v) is 11.3. The van der Waals surface area contributed by atoms with E-state index in [1.54, 1.807) is 4.90 Å². The van der Waals surface area contributed by atoms with Crippen LogP contribution in [0.2, 0.25) is 0 Å². The molecule has 4 nitrogen and oxygen atoms in total. The molecule has 0 aromatic heterocycles. The molecule has 1 saturated heterocycles. The van der Waals surface area contributed by atoms with Crippen molar-refractivity contribution in [3.63, 3.8) is 0 Å². The quantitative estimate of drug-likeness (QED) is 0.891. The number of β-amino-alcohol motifs (C(OH)–C–C–N with tert-alkyl or cyclic N) is 1. The maximum absolute atomic E-state index is 12.0. The predicted molar refractivity (Wildman–Crippen MR) is 72.6 cm³/mol. The first-order valence-corrected chi connectivity index (χ1v) is 6.80. The molecule has 1 amide bonds. The number of likely N-dealkylation sites (tertiary alicyclic amines) is 1. The number of hydrogen-bond donors (Lipinski definition) is 1. The van der Waals surface area contributed by atoms with Gasteiger partial charge < -0.3 is 14.7 Å². The Morgan fingerprint density at radius 2 is 2.16 bits per heavy atom. The Hall–Kier alpha value is -1.55. The van der Waals surface area contributed by atoms with Crippen molar-refractivity contribution in [2.45, 2.75) is 32.5 Å². The highest BCUT2D eigenvalue weighted by Gasteiger charge is 2.25. The van der Waals surface area contributed by atoms with Gasteiger partial charge in [0.2, 0.25) is 0 Å². The van der Waals surface area contributed by atoms with Gasteiger partial charge in [0.05, 0.1) is 12.6 Å². The molecule has 1 aliphatic heterocycles. The summed E-state index contributed by atoms with van der Waals surface area (Å²) in [7, 11) is 0. The van der Waals surface area contributed by atoms with Gasteiger partial charge in [-0.25, -0.2) is 4.79 Å². The fourth-order valence-electron chi connectivity index (χ4n) is 2.27. The predicted octanol–water partition coefficient (Wildman–Crippen LogP) is 2.42. The van der Waals surface area contributed by atoms with Crippen LogP contribution in [0.4, 0.5) is 4.79 Å². The van der Waals surface area contributed by atoms with Crippen LogP contribution in [0.15, 0.2) is 30.3 Å². The van der Waals surface area contributed by atoms with Crippen LogP contribution < -0.4 is 0 Å². The van der Waals surface area contributed by atoms with Crippen LogP contribution in [0, 0.1) is 5.92 Å². The van der Waals surface area contributed by atoms with Crippen LogP contribution in [0.25, 0.3) is 0 Å². The van der Waals surface area contributed by atoms with Gasteiger partial charge >= 0.3 is 6.09 Å². The van der Waals surface area contributed by atoms with Crippen molar-refractivity contribution < 1.29 is 14.6 Å². The fraction of sp³-hybridized carbons (Fsp3) is 0.533. The molecular formula is C15H21NO3. The van der Waals surface area contributed by atoms with Crippen LogP contribution in [-0.4, -0.2) is 35.3 Å². The summed E-state index contributed by atoms with van der Waals surface area (Å²) in [5, 5.41) is 9.91. The molecule has 4 heteroatoms. The van der Waals surface area contributed by atoms with E-state index >= 15 is 0 Å². The Morgan fingerprint density at radius 3 is 2.89 bits per heavy atom. The Labute approximate surface area is 114 Å². The lowest BCUT2D eigenvalue weighted by Crippen LogP contribution is -2.38. The summed E-state index contributed by atoms with van der Waals surface area (Å²) in [4.78, 5) is 13.6. The minimum absolute atomic E-state index is 0.243. The average Bonchev–Trinajstić information content (AvgIpc) is 2.60. The summed E-state index contributed by atoms with van der Waals surface area (Å²) < 4.78 is 5.28. The van der Waals surface area contributed by atoms with Crippen molar-refractivity contribution in [3.05, 3.63) is 35.9 Å². The zero-order valence-electron chi connectivity index (χ0n) is 11.3. The molecule has 1 heterocycles. The van der Waals surface area contributed by atoms with E-state index in [2.05, 4.69) is 0 Å². The Morgan fingerprint density at radius 1 is 1.42 bits per heavy atom. The summed E-state index contributed by atoms with van der Waals surface area (Å²) in [6.45, 7) is 3.33. The van der Waals surface area contributed by atoms with Crippen molar-refractivity contribution >= 4 is 6.09 Å². The van der Waals surface area contributed by atoms with E-state index in [-0.39, 0.29) is 18.6 Å². The lowest BCUT2D eigenvalue weighted by Gasteiger charge is -2.22. The van der Waals surface area contributed by atoms with Gasteiger partial charge in [-0.15, -0.1) is 0 Å². The number of amides is 1. The monoisotopic (exact) mass is 263 g/mol. The standard InChI is InChI=1S/C15H21NO3/c1-12-6-5-9-16(10-14(12)17)15(18)19-11-13-7-3-2-4-8-13/h2-4,7-8,12,14,17H,5-6,9-11H2,1H3/t12-,14-/m0/s1. The minimum atomic E-state index is -0.452. The highest BCUT2D eigenvalue weighted by atomic mass is 16.6. The topological polar surface area (TPSA) is 49.8 Å². The summed E-state index contributed by atoms with van der Waals surface area (Å²) in [5.74, 6) is 0.243. The first-order chi connectivity index (χ1) is 9.16. The second-order valence-electron chi connectivity index (χ2n) is 5.17. The molecule has 104 valence electrons. The third kappa shape index (κ3) is 3.96. The fourth-order valence-corrected chi connectivity index (χ4v) is 2.27. The van der Waals surface area contributed by atoms with Crippen LogP contribution in [-0.2, 0) is 11.3 Å². The SMILES string of the molecule is C[C@H]1CCCN(C(=O)OCc2ccccc2)C[C@@H]1O. The van der Waals surface area contributed by atoms with Crippen molar-refractivity contribution in [3.8, 4) is 0 Å². The number of aliphatic hydroxyl groups excluding tert-OH is 1. The van der Waals surface area contributed by atoms with Gasteiger partial charge in [-0.1, -0.05) is 37.3 Å². The molecule has 1 aliphatic rings. The van der Waals surface area contributed by atoms with Crippen molar-refractivity contribution in [1.82, 2.24) is 4.90 Å². The molecule has 0 unspecified atom stereocenters. The summed E-state index contributed by atoms with van der Waals surface area (Å²) in [6, 6.07) is 9.61. The molecule has 0 aliphatic carbocycles. The number of ether oxygens (including phenoxy) is 1. The molecule has 1 fully saturated rings. The maximum atomic E-state index is 12.0. The third-order valence-electron chi connectivity index (χ3n) is 3.62. The van der Waals surface area contributed by atoms with Gasteiger partial charge in [-0.05, 0) is 24.3 Å². The number of nitrogens with zero attached hydrogens (tertiary/aromatic N) is 1. The molecule has 0 radical (unpaired) electrons. The van der Waals surface area contributed by atoms with E-state index in [4.69, 9.17) is 4.74 Å². The third-order valence-corrected chi connectivity index (χ3v) is 3.62. The number of benzene rings is 1. The molecule has 19 heavy (non-hydrogen) atoms. The number of rotatable bonds is 2. The van der Waals surface area contributed by atoms with Gasteiger partial charge in [-0.2, -0.15) is 0 Å². The summed E-state index contributed by atoms with van der Waals surface area (Å²) in [6.07, 6.45) is 1.08. The molecule has 0 saturated carbocycles. The first kappa shape index (κ1) is 13.9. The highest BCUT2D eigenvalue weighted by Crippen LogP contribution is 2.18. The Bertz CT molecular complexity index is 407. The first-order valence-electron chi connectivity index (χ1n) is 6.80.